The summed E-state index contributed by atoms with van der Waals surface area (Å²) in [6, 6.07) is 0. The molecule has 0 spiro atoms. The van der Waals surface area contributed by atoms with E-state index in [9.17, 15) is 4.79 Å². The van der Waals surface area contributed by atoms with Crippen molar-refractivity contribution in [2.75, 3.05) is 6.61 Å². The number of hydrogen-bond donors (Lipinski definition) is 0. The first-order valence-corrected chi connectivity index (χ1v) is 19.1. The van der Waals surface area contributed by atoms with Gasteiger partial charge in [-0.25, -0.2) is 0 Å². The maximum absolute atomic E-state index is 12.1. The molecule has 0 amide bonds. The molecule has 0 saturated heterocycles. The van der Waals surface area contributed by atoms with Crippen LogP contribution >= 0.6 is 0 Å². The Morgan fingerprint density at radius 3 is 1.16 bits per heavy atom. The zero-order valence-electron chi connectivity index (χ0n) is 30.7. The van der Waals surface area contributed by atoms with Crippen molar-refractivity contribution in [1.29, 1.82) is 0 Å². The molecule has 0 aromatic heterocycles. The molecule has 0 aliphatic heterocycles. The molecule has 0 radical (unpaired) electrons. The molecule has 0 aliphatic rings. The number of esters is 1. The summed E-state index contributed by atoms with van der Waals surface area (Å²) < 4.78 is 5.45. The van der Waals surface area contributed by atoms with E-state index in [0.29, 0.717) is 13.0 Å². The molecule has 0 saturated carbocycles. The number of hydrogen-bond acceptors (Lipinski definition) is 2. The molecular weight excluding hydrogens is 536 g/mol. The minimum atomic E-state index is -0.0408. The summed E-state index contributed by atoms with van der Waals surface area (Å²) in [5.41, 5.74) is 5.68. The summed E-state index contributed by atoms with van der Waals surface area (Å²) in [5, 5.41) is 0. The van der Waals surface area contributed by atoms with Gasteiger partial charge in [0.2, 0.25) is 0 Å². The van der Waals surface area contributed by atoms with Crippen LogP contribution in [-0.4, -0.2) is 12.6 Å². The largest absolute Gasteiger partial charge is 0.461 e. The summed E-state index contributed by atoms with van der Waals surface area (Å²) in [6.45, 7) is 13.7. The first-order chi connectivity index (χ1) is 21.3. The molecule has 2 nitrogen and oxygen atoms in total. The molecule has 0 aromatic rings. The molecular formula is C42H76O2. The minimum absolute atomic E-state index is 0.0408. The summed E-state index contributed by atoms with van der Waals surface area (Å²) in [6.07, 6.45) is 42.5. The Morgan fingerprint density at radius 2 is 0.773 bits per heavy atom. The molecule has 0 N–H and O–H groups in total. The van der Waals surface area contributed by atoms with Gasteiger partial charge in [-0.05, 0) is 85.6 Å². The Kier molecular flexibility index (Phi) is 31.6. The second-order valence-corrected chi connectivity index (χ2v) is 13.8. The Morgan fingerprint density at radius 1 is 0.432 bits per heavy atom. The van der Waals surface area contributed by atoms with Crippen LogP contribution < -0.4 is 0 Å². The smallest absolute Gasteiger partial charge is 0.306 e. The van der Waals surface area contributed by atoms with Gasteiger partial charge in [0.1, 0.15) is 6.61 Å². The monoisotopic (exact) mass is 613 g/mol. The van der Waals surface area contributed by atoms with Crippen molar-refractivity contribution < 1.29 is 9.53 Å². The van der Waals surface area contributed by atoms with Crippen LogP contribution in [0.25, 0.3) is 0 Å². The number of unbranched alkanes of at least 4 members (excludes halogenated alkanes) is 18. The highest BCUT2D eigenvalue weighted by Crippen LogP contribution is 2.16. The van der Waals surface area contributed by atoms with E-state index in [2.05, 4.69) is 65.8 Å². The zero-order chi connectivity index (χ0) is 32.5. The molecule has 0 atom stereocenters. The lowest BCUT2D eigenvalue weighted by Crippen LogP contribution is -2.04. The van der Waals surface area contributed by atoms with Crippen molar-refractivity contribution in [3.05, 3.63) is 46.6 Å². The predicted octanol–water partition coefficient (Wildman–Crippen LogP) is 14.5. The average Bonchev–Trinajstić information content (AvgIpc) is 2.98. The van der Waals surface area contributed by atoms with E-state index in [1.165, 1.54) is 138 Å². The first kappa shape index (κ1) is 42.4. The van der Waals surface area contributed by atoms with Gasteiger partial charge >= 0.3 is 5.97 Å². The van der Waals surface area contributed by atoms with Crippen molar-refractivity contribution in [2.24, 2.45) is 0 Å². The zero-order valence-corrected chi connectivity index (χ0v) is 30.7. The maximum atomic E-state index is 12.1. The lowest BCUT2D eigenvalue weighted by atomic mass is 10.0. The molecule has 0 heterocycles. The molecule has 0 aromatic carbocycles. The van der Waals surface area contributed by atoms with Gasteiger partial charge in [-0.15, -0.1) is 0 Å². The SMILES string of the molecule is CCCCCCCCCCCCCCCCCCCCCC(=O)OCC=C(C)CCC=C(C)CCC=C(C)CCC=C(C)C. The van der Waals surface area contributed by atoms with Crippen LogP contribution in [0.2, 0.25) is 0 Å². The van der Waals surface area contributed by atoms with Crippen molar-refractivity contribution in [3.8, 4) is 0 Å². The van der Waals surface area contributed by atoms with Gasteiger partial charge < -0.3 is 4.74 Å². The average molecular weight is 613 g/mol. The molecule has 0 bridgehead atoms. The van der Waals surface area contributed by atoms with Crippen LogP contribution in [0.4, 0.5) is 0 Å². The van der Waals surface area contributed by atoms with E-state index >= 15 is 0 Å². The highest BCUT2D eigenvalue weighted by atomic mass is 16.5. The Balaban J connectivity index is 3.58. The lowest BCUT2D eigenvalue weighted by molar-refractivity contribution is -0.142. The van der Waals surface area contributed by atoms with Crippen molar-refractivity contribution in [3.63, 3.8) is 0 Å². The minimum Gasteiger partial charge on any atom is -0.461 e. The van der Waals surface area contributed by atoms with E-state index in [-0.39, 0.29) is 5.97 Å². The molecule has 0 unspecified atom stereocenters. The Labute approximate surface area is 276 Å². The van der Waals surface area contributed by atoms with Crippen LogP contribution in [0.15, 0.2) is 46.6 Å². The highest BCUT2D eigenvalue weighted by molar-refractivity contribution is 5.69. The predicted molar refractivity (Wildman–Crippen MR) is 197 cm³/mol. The van der Waals surface area contributed by atoms with Gasteiger partial charge in [0.05, 0.1) is 0 Å². The quantitative estimate of drug-likeness (QED) is 0.0442. The van der Waals surface area contributed by atoms with Crippen molar-refractivity contribution in [1.82, 2.24) is 0 Å². The fourth-order valence-electron chi connectivity index (χ4n) is 5.68. The molecule has 0 fully saturated rings. The van der Waals surface area contributed by atoms with Gasteiger partial charge in [0.15, 0.2) is 0 Å². The number of carbonyl (C=O) groups excluding carboxylic acids is 1. The lowest BCUT2D eigenvalue weighted by Gasteiger charge is -2.05. The summed E-state index contributed by atoms with van der Waals surface area (Å²) in [5.74, 6) is -0.0408. The van der Waals surface area contributed by atoms with E-state index in [1.807, 2.05) is 0 Å². The second-order valence-electron chi connectivity index (χ2n) is 13.8. The topological polar surface area (TPSA) is 26.3 Å². The third-order valence-corrected chi connectivity index (χ3v) is 8.81. The number of rotatable bonds is 31. The number of carbonyl (C=O) groups is 1. The molecule has 0 aliphatic carbocycles. The fourth-order valence-corrected chi connectivity index (χ4v) is 5.68. The number of allylic oxidation sites excluding steroid dienone is 7. The molecule has 0 rings (SSSR count). The van der Waals surface area contributed by atoms with Crippen LogP contribution in [0.3, 0.4) is 0 Å². The van der Waals surface area contributed by atoms with E-state index in [1.54, 1.807) is 0 Å². The van der Waals surface area contributed by atoms with E-state index < -0.39 is 0 Å². The van der Waals surface area contributed by atoms with Gasteiger partial charge in [-0.3, -0.25) is 4.79 Å². The Hall–Kier alpha value is -1.57. The normalized spacial score (nSPS) is 12.5. The van der Waals surface area contributed by atoms with Crippen LogP contribution in [0.5, 0.6) is 0 Å². The third-order valence-electron chi connectivity index (χ3n) is 8.81. The summed E-state index contributed by atoms with van der Waals surface area (Å²) >= 11 is 0. The molecule has 2 heteroatoms. The molecule has 256 valence electrons. The number of ether oxygens (including phenoxy) is 1. The van der Waals surface area contributed by atoms with Gasteiger partial charge in [0, 0.05) is 6.42 Å². The van der Waals surface area contributed by atoms with Crippen LogP contribution in [0, 0.1) is 0 Å². The molecule has 44 heavy (non-hydrogen) atoms. The van der Waals surface area contributed by atoms with Crippen molar-refractivity contribution in [2.45, 2.75) is 208 Å². The summed E-state index contributed by atoms with van der Waals surface area (Å²) in [4.78, 5) is 12.1. The highest BCUT2D eigenvalue weighted by Gasteiger charge is 2.02. The fraction of sp³-hybridized carbons (Fsp3) is 0.786. The maximum Gasteiger partial charge on any atom is 0.306 e. The van der Waals surface area contributed by atoms with Crippen molar-refractivity contribution >= 4 is 5.97 Å². The standard InChI is InChI=1S/C42H76O2/c1-7-8-9-10-11-12-13-14-15-16-17-18-19-20-21-22-23-24-25-35-42(43)44-37-36-41(6)34-28-33-40(5)32-27-31-39(4)30-26-29-38(2)3/h29,31,33,36H,7-28,30,32,34-35,37H2,1-6H3. The second kappa shape index (κ2) is 32.8. The van der Waals surface area contributed by atoms with Gasteiger partial charge in [-0.1, -0.05) is 163 Å². The van der Waals surface area contributed by atoms with Gasteiger partial charge in [0.25, 0.3) is 0 Å². The van der Waals surface area contributed by atoms with E-state index in [4.69, 9.17) is 4.74 Å². The summed E-state index contributed by atoms with van der Waals surface area (Å²) in [7, 11) is 0. The first-order valence-electron chi connectivity index (χ1n) is 19.1. The Bertz CT molecular complexity index is 778. The van der Waals surface area contributed by atoms with Crippen LogP contribution in [0.1, 0.15) is 208 Å². The van der Waals surface area contributed by atoms with Gasteiger partial charge in [-0.2, -0.15) is 0 Å². The van der Waals surface area contributed by atoms with E-state index in [0.717, 1.165) is 44.9 Å². The third kappa shape index (κ3) is 33.3. The van der Waals surface area contributed by atoms with Crippen LogP contribution in [-0.2, 0) is 9.53 Å².